The molecule has 0 radical (unpaired) electrons. The van der Waals surface area contributed by atoms with Crippen molar-refractivity contribution in [2.45, 2.75) is 69.4 Å². The predicted molar refractivity (Wildman–Crippen MR) is 74.6 cm³/mol. The topological polar surface area (TPSA) is 15.3 Å². The molecule has 0 aromatic carbocycles. The molecule has 4 fully saturated rings. The van der Waals surface area contributed by atoms with Crippen LogP contribution in [0, 0.1) is 11.8 Å². The average molecular weight is 248 g/mol. The number of nitrogens with one attached hydrogen (secondary N) is 1. The van der Waals surface area contributed by atoms with E-state index in [-0.39, 0.29) is 0 Å². The molecule has 1 spiro atoms. The fourth-order valence-corrected chi connectivity index (χ4v) is 4.66. The Balaban J connectivity index is 1.51. The molecule has 1 saturated heterocycles. The number of hydrogen-bond acceptors (Lipinski definition) is 2. The van der Waals surface area contributed by atoms with E-state index in [0.29, 0.717) is 5.54 Å². The third-order valence-electron chi connectivity index (χ3n) is 5.82. The van der Waals surface area contributed by atoms with Gasteiger partial charge in [0.05, 0.1) is 0 Å². The summed E-state index contributed by atoms with van der Waals surface area (Å²) in [5.41, 5.74) is 0.512. The molecule has 1 aliphatic heterocycles. The van der Waals surface area contributed by atoms with Crippen molar-refractivity contribution in [3.8, 4) is 0 Å². The van der Waals surface area contributed by atoms with Crippen LogP contribution in [0.25, 0.3) is 0 Å². The molecule has 0 unspecified atom stereocenters. The van der Waals surface area contributed by atoms with Crippen LogP contribution in [0.1, 0.15) is 57.8 Å². The minimum absolute atomic E-state index is 0.512. The zero-order chi connectivity index (χ0) is 12.0. The highest BCUT2D eigenvalue weighted by Gasteiger charge is 2.47. The van der Waals surface area contributed by atoms with E-state index in [0.717, 1.165) is 17.9 Å². The van der Waals surface area contributed by atoms with Crippen molar-refractivity contribution in [3.05, 3.63) is 0 Å². The molecule has 4 aliphatic rings. The predicted octanol–water partition coefficient (Wildman–Crippen LogP) is 2.78. The van der Waals surface area contributed by atoms with Gasteiger partial charge in [0.1, 0.15) is 0 Å². The quantitative estimate of drug-likeness (QED) is 0.826. The van der Waals surface area contributed by atoms with E-state index in [4.69, 9.17) is 0 Å². The highest BCUT2D eigenvalue weighted by atomic mass is 15.2. The van der Waals surface area contributed by atoms with Gasteiger partial charge in [-0.1, -0.05) is 12.8 Å². The van der Waals surface area contributed by atoms with Gasteiger partial charge >= 0.3 is 0 Å². The minimum atomic E-state index is 0.512. The summed E-state index contributed by atoms with van der Waals surface area (Å²) in [6.07, 6.45) is 13.3. The Morgan fingerprint density at radius 1 is 0.944 bits per heavy atom. The van der Waals surface area contributed by atoms with Gasteiger partial charge in [0.25, 0.3) is 0 Å². The molecule has 3 saturated carbocycles. The Morgan fingerprint density at radius 3 is 2.22 bits per heavy atom. The van der Waals surface area contributed by atoms with Crippen LogP contribution in [0.4, 0.5) is 0 Å². The van der Waals surface area contributed by atoms with Crippen molar-refractivity contribution in [2.75, 3.05) is 19.6 Å². The Hall–Kier alpha value is -0.0800. The van der Waals surface area contributed by atoms with Crippen LogP contribution < -0.4 is 5.32 Å². The zero-order valence-electron chi connectivity index (χ0n) is 11.7. The van der Waals surface area contributed by atoms with E-state index in [1.807, 2.05) is 0 Å². The lowest BCUT2D eigenvalue weighted by Gasteiger charge is -2.38. The average Bonchev–Trinajstić information content (AvgIpc) is 3.25. The molecule has 0 aromatic rings. The normalized spacial score (nSPS) is 33.2. The van der Waals surface area contributed by atoms with Crippen molar-refractivity contribution in [2.24, 2.45) is 11.8 Å². The summed E-state index contributed by atoms with van der Waals surface area (Å²) in [5.74, 6) is 2.16. The summed E-state index contributed by atoms with van der Waals surface area (Å²) in [6, 6.07) is 0.974. The molecule has 0 bridgehead atoms. The summed E-state index contributed by atoms with van der Waals surface area (Å²) in [4.78, 5) is 2.93. The van der Waals surface area contributed by atoms with Crippen LogP contribution in [0.3, 0.4) is 0 Å². The summed E-state index contributed by atoms with van der Waals surface area (Å²) in [5, 5.41) is 3.92. The highest BCUT2D eigenvalue weighted by molar-refractivity contribution is 5.03. The van der Waals surface area contributed by atoms with Gasteiger partial charge in [-0.15, -0.1) is 0 Å². The maximum atomic E-state index is 3.92. The third-order valence-corrected chi connectivity index (χ3v) is 5.82. The lowest BCUT2D eigenvalue weighted by Crippen LogP contribution is -2.52. The van der Waals surface area contributed by atoms with Crippen LogP contribution in [-0.2, 0) is 0 Å². The van der Waals surface area contributed by atoms with Crippen molar-refractivity contribution in [1.82, 2.24) is 10.2 Å². The fourth-order valence-electron chi connectivity index (χ4n) is 4.66. The van der Waals surface area contributed by atoms with E-state index in [2.05, 4.69) is 10.2 Å². The molecule has 2 nitrogen and oxygen atoms in total. The van der Waals surface area contributed by atoms with Gasteiger partial charge in [0, 0.05) is 18.1 Å². The fraction of sp³-hybridized carbons (Fsp3) is 1.00. The van der Waals surface area contributed by atoms with E-state index in [1.54, 1.807) is 0 Å². The van der Waals surface area contributed by atoms with E-state index >= 15 is 0 Å². The van der Waals surface area contributed by atoms with Gasteiger partial charge in [-0.05, 0) is 69.9 Å². The van der Waals surface area contributed by atoms with Crippen LogP contribution in [0.2, 0.25) is 0 Å². The minimum Gasteiger partial charge on any atom is -0.310 e. The molecule has 2 heteroatoms. The summed E-state index contributed by atoms with van der Waals surface area (Å²) < 4.78 is 0. The standard InChI is InChI=1S/C16H28N2/c1-2-9-16(8-1)12-18(11-3-10-17-16)15(13-4-5-13)14-6-7-14/h13-15,17H,1-12H2. The maximum absolute atomic E-state index is 3.92. The van der Waals surface area contributed by atoms with Crippen LogP contribution >= 0.6 is 0 Å². The molecular weight excluding hydrogens is 220 g/mol. The van der Waals surface area contributed by atoms with Crippen molar-refractivity contribution in [1.29, 1.82) is 0 Å². The first-order valence-electron chi connectivity index (χ1n) is 8.35. The van der Waals surface area contributed by atoms with Crippen molar-refractivity contribution >= 4 is 0 Å². The number of hydrogen-bond donors (Lipinski definition) is 1. The van der Waals surface area contributed by atoms with Crippen molar-refractivity contribution in [3.63, 3.8) is 0 Å². The monoisotopic (exact) mass is 248 g/mol. The second kappa shape index (κ2) is 4.49. The Labute approximate surface area is 111 Å². The molecule has 18 heavy (non-hydrogen) atoms. The summed E-state index contributed by atoms with van der Waals surface area (Å²) in [6.45, 7) is 4.00. The first-order valence-corrected chi connectivity index (χ1v) is 8.35. The Bertz CT molecular complexity index is 288. The first-order chi connectivity index (χ1) is 8.86. The van der Waals surface area contributed by atoms with Gasteiger partial charge in [-0.2, -0.15) is 0 Å². The number of rotatable bonds is 3. The molecule has 3 aliphatic carbocycles. The molecular formula is C16H28N2. The molecule has 0 aromatic heterocycles. The first kappa shape index (κ1) is 11.7. The van der Waals surface area contributed by atoms with Gasteiger partial charge in [0.2, 0.25) is 0 Å². The molecule has 0 atom stereocenters. The third kappa shape index (κ3) is 2.22. The lowest BCUT2D eigenvalue weighted by atomic mass is 9.95. The van der Waals surface area contributed by atoms with E-state index in [1.165, 1.54) is 77.4 Å². The van der Waals surface area contributed by atoms with Crippen LogP contribution in [-0.4, -0.2) is 36.1 Å². The number of nitrogens with zero attached hydrogens (tertiary/aromatic N) is 1. The Kier molecular flexibility index (Phi) is 2.92. The molecule has 4 rings (SSSR count). The van der Waals surface area contributed by atoms with Crippen molar-refractivity contribution < 1.29 is 0 Å². The summed E-state index contributed by atoms with van der Waals surface area (Å²) in [7, 11) is 0. The van der Waals surface area contributed by atoms with Gasteiger partial charge in [-0.3, -0.25) is 4.90 Å². The second-order valence-electron chi connectivity index (χ2n) is 7.40. The molecule has 1 heterocycles. The van der Waals surface area contributed by atoms with E-state index < -0.39 is 0 Å². The smallest absolute Gasteiger partial charge is 0.0308 e. The molecule has 102 valence electrons. The molecule has 0 amide bonds. The van der Waals surface area contributed by atoms with E-state index in [9.17, 15) is 0 Å². The lowest BCUT2D eigenvalue weighted by molar-refractivity contribution is 0.126. The Morgan fingerprint density at radius 2 is 1.61 bits per heavy atom. The highest BCUT2D eigenvalue weighted by Crippen LogP contribution is 2.48. The summed E-state index contributed by atoms with van der Waals surface area (Å²) >= 11 is 0. The van der Waals surface area contributed by atoms with Crippen LogP contribution in [0.5, 0.6) is 0 Å². The van der Waals surface area contributed by atoms with Gasteiger partial charge in [-0.25, -0.2) is 0 Å². The zero-order valence-corrected chi connectivity index (χ0v) is 11.7. The largest absolute Gasteiger partial charge is 0.310 e. The second-order valence-corrected chi connectivity index (χ2v) is 7.40. The SMILES string of the molecule is C1CNC2(CCCC2)CN(C(C2CC2)C2CC2)C1. The van der Waals surface area contributed by atoms with Gasteiger partial charge in [0.15, 0.2) is 0 Å². The van der Waals surface area contributed by atoms with Gasteiger partial charge < -0.3 is 5.32 Å². The maximum Gasteiger partial charge on any atom is 0.0308 e. The van der Waals surface area contributed by atoms with Crippen LogP contribution in [0.15, 0.2) is 0 Å². The molecule has 1 N–H and O–H groups in total.